The van der Waals surface area contributed by atoms with E-state index in [1.807, 2.05) is 30.3 Å². The van der Waals surface area contributed by atoms with E-state index in [2.05, 4.69) is 4.98 Å². The summed E-state index contributed by atoms with van der Waals surface area (Å²) < 4.78 is 5.45. The van der Waals surface area contributed by atoms with E-state index in [0.717, 1.165) is 16.8 Å². The van der Waals surface area contributed by atoms with Crippen molar-refractivity contribution in [1.29, 1.82) is 0 Å². The minimum Gasteiger partial charge on any atom is -0.508 e. The monoisotopic (exact) mass is 237 g/mol. The van der Waals surface area contributed by atoms with Crippen molar-refractivity contribution in [2.45, 2.75) is 0 Å². The highest BCUT2D eigenvalue weighted by atomic mass is 16.3. The van der Waals surface area contributed by atoms with Crippen LogP contribution in [0, 0.1) is 0 Å². The SMILES string of the molecule is Oc1ccc(-c2nc(-c3ccccc3)co2)cc1. The molecule has 3 heteroatoms. The number of phenols is 1. The van der Waals surface area contributed by atoms with Gasteiger partial charge in [0.05, 0.1) is 0 Å². The molecule has 3 nitrogen and oxygen atoms in total. The minimum absolute atomic E-state index is 0.230. The van der Waals surface area contributed by atoms with Gasteiger partial charge < -0.3 is 9.52 Å². The van der Waals surface area contributed by atoms with Crippen molar-refractivity contribution in [3.05, 3.63) is 60.9 Å². The van der Waals surface area contributed by atoms with Crippen LogP contribution in [0.2, 0.25) is 0 Å². The molecule has 0 saturated heterocycles. The van der Waals surface area contributed by atoms with E-state index in [0.29, 0.717) is 5.89 Å². The number of oxazole rings is 1. The number of hydrogen-bond acceptors (Lipinski definition) is 3. The number of phenolic OH excluding ortho intramolecular Hbond substituents is 1. The Hall–Kier alpha value is -2.55. The van der Waals surface area contributed by atoms with Crippen LogP contribution in [0.15, 0.2) is 65.3 Å². The Balaban J connectivity index is 1.97. The maximum Gasteiger partial charge on any atom is 0.226 e. The van der Waals surface area contributed by atoms with E-state index >= 15 is 0 Å². The van der Waals surface area contributed by atoms with Gasteiger partial charge in [-0.3, -0.25) is 0 Å². The van der Waals surface area contributed by atoms with Gasteiger partial charge in [0.2, 0.25) is 5.89 Å². The number of aromatic hydroxyl groups is 1. The Labute approximate surface area is 104 Å². The van der Waals surface area contributed by atoms with Crippen molar-refractivity contribution in [2.24, 2.45) is 0 Å². The molecule has 0 amide bonds. The number of rotatable bonds is 2. The molecule has 0 radical (unpaired) electrons. The topological polar surface area (TPSA) is 46.3 Å². The van der Waals surface area contributed by atoms with Gasteiger partial charge in [0.15, 0.2) is 0 Å². The number of hydrogen-bond donors (Lipinski definition) is 1. The first-order chi connectivity index (χ1) is 8.83. The fourth-order valence-corrected chi connectivity index (χ4v) is 1.75. The van der Waals surface area contributed by atoms with Crippen molar-refractivity contribution in [1.82, 2.24) is 4.98 Å². The quantitative estimate of drug-likeness (QED) is 0.739. The molecule has 18 heavy (non-hydrogen) atoms. The van der Waals surface area contributed by atoms with Gasteiger partial charge in [-0.15, -0.1) is 0 Å². The van der Waals surface area contributed by atoms with Crippen LogP contribution >= 0.6 is 0 Å². The molecule has 88 valence electrons. The first-order valence-electron chi connectivity index (χ1n) is 5.63. The molecule has 2 aromatic carbocycles. The number of benzene rings is 2. The lowest BCUT2D eigenvalue weighted by atomic mass is 10.2. The third kappa shape index (κ3) is 1.98. The fourth-order valence-electron chi connectivity index (χ4n) is 1.75. The second-order valence-corrected chi connectivity index (χ2v) is 3.95. The molecular formula is C15H11NO2. The Morgan fingerprint density at radius 1 is 0.833 bits per heavy atom. The molecule has 1 aromatic heterocycles. The first-order valence-corrected chi connectivity index (χ1v) is 5.63. The highest BCUT2D eigenvalue weighted by Crippen LogP contribution is 2.25. The lowest BCUT2D eigenvalue weighted by Gasteiger charge is -1.95. The normalized spacial score (nSPS) is 10.4. The van der Waals surface area contributed by atoms with E-state index in [4.69, 9.17) is 4.42 Å². The van der Waals surface area contributed by atoms with Gasteiger partial charge in [-0.05, 0) is 24.3 Å². The van der Waals surface area contributed by atoms with Crippen LogP contribution in [0.5, 0.6) is 5.75 Å². The summed E-state index contributed by atoms with van der Waals surface area (Å²) in [6, 6.07) is 16.6. The minimum atomic E-state index is 0.230. The standard InChI is InChI=1S/C15H11NO2/c17-13-8-6-12(7-9-13)15-16-14(10-18-15)11-4-2-1-3-5-11/h1-10,17H. The van der Waals surface area contributed by atoms with Crippen LogP contribution in [0.3, 0.4) is 0 Å². The maximum absolute atomic E-state index is 9.24. The zero-order valence-electron chi connectivity index (χ0n) is 9.58. The molecule has 0 aliphatic heterocycles. The van der Waals surface area contributed by atoms with Crippen LogP contribution in [0.1, 0.15) is 0 Å². The Morgan fingerprint density at radius 2 is 1.56 bits per heavy atom. The summed E-state index contributed by atoms with van der Waals surface area (Å²) >= 11 is 0. The largest absolute Gasteiger partial charge is 0.508 e. The van der Waals surface area contributed by atoms with Crippen LogP contribution in [-0.4, -0.2) is 10.1 Å². The molecule has 0 saturated carbocycles. The summed E-state index contributed by atoms with van der Waals surface area (Å²) in [5, 5.41) is 9.24. The average Bonchev–Trinajstić information content (AvgIpc) is 2.90. The van der Waals surface area contributed by atoms with E-state index in [1.54, 1.807) is 30.5 Å². The molecule has 0 atom stereocenters. The van der Waals surface area contributed by atoms with Crippen LogP contribution < -0.4 is 0 Å². The van der Waals surface area contributed by atoms with Crippen molar-refractivity contribution < 1.29 is 9.52 Å². The lowest BCUT2D eigenvalue weighted by molar-refractivity contribution is 0.475. The average molecular weight is 237 g/mol. The van der Waals surface area contributed by atoms with Gasteiger partial charge in [-0.2, -0.15) is 0 Å². The Kier molecular flexibility index (Phi) is 2.57. The van der Waals surface area contributed by atoms with E-state index in [9.17, 15) is 5.11 Å². The van der Waals surface area contributed by atoms with Crippen LogP contribution in [-0.2, 0) is 0 Å². The molecular weight excluding hydrogens is 226 g/mol. The Bertz CT molecular complexity index is 642. The molecule has 0 aliphatic rings. The third-order valence-corrected chi connectivity index (χ3v) is 2.69. The summed E-state index contributed by atoms with van der Waals surface area (Å²) in [5.41, 5.74) is 2.67. The maximum atomic E-state index is 9.24. The highest BCUT2D eigenvalue weighted by Gasteiger charge is 2.07. The second-order valence-electron chi connectivity index (χ2n) is 3.95. The zero-order valence-corrected chi connectivity index (χ0v) is 9.58. The van der Waals surface area contributed by atoms with Gasteiger partial charge in [0, 0.05) is 11.1 Å². The van der Waals surface area contributed by atoms with Crippen molar-refractivity contribution in [3.8, 4) is 28.5 Å². The van der Waals surface area contributed by atoms with E-state index in [1.165, 1.54) is 0 Å². The van der Waals surface area contributed by atoms with Crippen molar-refractivity contribution in [2.75, 3.05) is 0 Å². The van der Waals surface area contributed by atoms with Crippen molar-refractivity contribution >= 4 is 0 Å². The van der Waals surface area contributed by atoms with Gasteiger partial charge in [0.25, 0.3) is 0 Å². The van der Waals surface area contributed by atoms with Crippen molar-refractivity contribution in [3.63, 3.8) is 0 Å². The smallest absolute Gasteiger partial charge is 0.226 e. The van der Waals surface area contributed by atoms with Crippen LogP contribution in [0.4, 0.5) is 0 Å². The zero-order chi connectivity index (χ0) is 12.4. The molecule has 1 N–H and O–H groups in total. The molecule has 0 bridgehead atoms. The number of aromatic nitrogens is 1. The molecule has 1 heterocycles. The predicted octanol–water partition coefficient (Wildman–Crippen LogP) is 3.71. The molecule has 0 spiro atoms. The predicted molar refractivity (Wildman–Crippen MR) is 69.0 cm³/mol. The number of nitrogens with zero attached hydrogens (tertiary/aromatic N) is 1. The molecule has 0 fully saturated rings. The highest BCUT2D eigenvalue weighted by molar-refractivity contribution is 5.62. The van der Waals surface area contributed by atoms with E-state index in [-0.39, 0.29) is 5.75 Å². The van der Waals surface area contributed by atoms with Gasteiger partial charge in [0.1, 0.15) is 17.7 Å². The molecule has 3 rings (SSSR count). The second kappa shape index (κ2) is 4.37. The fraction of sp³-hybridized carbons (Fsp3) is 0. The summed E-state index contributed by atoms with van der Waals surface area (Å²) in [7, 11) is 0. The Morgan fingerprint density at radius 3 is 2.28 bits per heavy atom. The van der Waals surface area contributed by atoms with Gasteiger partial charge in [-0.1, -0.05) is 30.3 Å². The summed E-state index contributed by atoms with van der Waals surface area (Å²) in [4.78, 5) is 4.43. The summed E-state index contributed by atoms with van der Waals surface area (Å²) in [6.07, 6.45) is 1.64. The first kappa shape index (κ1) is 10.6. The third-order valence-electron chi connectivity index (χ3n) is 2.69. The lowest BCUT2D eigenvalue weighted by Crippen LogP contribution is -1.79. The molecule has 0 unspecified atom stereocenters. The molecule has 0 aliphatic carbocycles. The van der Waals surface area contributed by atoms with Gasteiger partial charge >= 0.3 is 0 Å². The van der Waals surface area contributed by atoms with Gasteiger partial charge in [-0.25, -0.2) is 4.98 Å². The summed E-state index contributed by atoms with van der Waals surface area (Å²) in [5.74, 6) is 0.780. The van der Waals surface area contributed by atoms with E-state index < -0.39 is 0 Å². The molecule has 3 aromatic rings. The summed E-state index contributed by atoms with van der Waals surface area (Å²) in [6.45, 7) is 0. The van der Waals surface area contributed by atoms with Crippen LogP contribution in [0.25, 0.3) is 22.7 Å².